The molecular formula is C15H18N2O4S. The van der Waals surface area contributed by atoms with E-state index in [1.807, 2.05) is 16.8 Å². The van der Waals surface area contributed by atoms with Crippen LogP contribution < -0.4 is 20.1 Å². The zero-order valence-electron chi connectivity index (χ0n) is 12.3. The molecule has 0 aliphatic heterocycles. The van der Waals surface area contributed by atoms with Gasteiger partial charge in [0.05, 0.1) is 26.0 Å². The molecule has 0 saturated heterocycles. The van der Waals surface area contributed by atoms with Gasteiger partial charge in [-0.3, -0.25) is 0 Å². The molecule has 1 aromatic heterocycles. The number of hydrogen-bond donors (Lipinski definition) is 3. The first-order chi connectivity index (χ1) is 10.6. The average Bonchev–Trinajstić information content (AvgIpc) is 3.07. The predicted octanol–water partition coefficient (Wildman–Crippen LogP) is 2.62. The Bertz CT molecular complexity index is 616. The molecule has 3 N–H and O–H groups in total. The molecule has 118 valence electrons. The van der Waals surface area contributed by atoms with Crippen LogP contribution in [-0.2, 0) is 0 Å². The van der Waals surface area contributed by atoms with Crippen LogP contribution in [0.3, 0.4) is 0 Å². The molecule has 2 rings (SSSR count). The van der Waals surface area contributed by atoms with Crippen LogP contribution in [0.2, 0.25) is 0 Å². The fourth-order valence-corrected chi connectivity index (χ4v) is 2.55. The highest BCUT2D eigenvalue weighted by Crippen LogP contribution is 2.28. The molecule has 1 aromatic carbocycles. The minimum Gasteiger partial charge on any atom is -0.497 e. The second-order valence-corrected chi connectivity index (χ2v) is 5.25. The molecule has 0 saturated carbocycles. The van der Waals surface area contributed by atoms with E-state index in [4.69, 9.17) is 9.47 Å². The molecule has 0 aliphatic carbocycles. The number of rotatable bonds is 6. The highest BCUT2D eigenvalue weighted by molar-refractivity contribution is 7.07. The summed E-state index contributed by atoms with van der Waals surface area (Å²) in [6, 6.07) is 6.49. The summed E-state index contributed by atoms with van der Waals surface area (Å²) in [5.74, 6) is 1.13. The van der Waals surface area contributed by atoms with E-state index in [1.165, 1.54) is 18.4 Å². The van der Waals surface area contributed by atoms with Gasteiger partial charge in [0.2, 0.25) is 0 Å². The van der Waals surface area contributed by atoms with Crippen molar-refractivity contribution in [1.29, 1.82) is 0 Å². The van der Waals surface area contributed by atoms with Crippen molar-refractivity contribution in [2.45, 2.75) is 6.10 Å². The number of hydrogen-bond acceptors (Lipinski definition) is 5. The molecule has 0 aliphatic rings. The van der Waals surface area contributed by atoms with Crippen LogP contribution in [0.5, 0.6) is 11.5 Å². The van der Waals surface area contributed by atoms with E-state index >= 15 is 0 Å². The van der Waals surface area contributed by atoms with E-state index in [1.54, 1.807) is 25.3 Å². The van der Waals surface area contributed by atoms with Crippen LogP contribution in [0.15, 0.2) is 35.0 Å². The van der Waals surface area contributed by atoms with E-state index < -0.39 is 12.1 Å². The van der Waals surface area contributed by atoms with E-state index in [-0.39, 0.29) is 6.54 Å². The van der Waals surface area contributed by atoms with Crippen LogP contribution in [0.25, 0.3) is 0 Å². The Morgan fingerprint density at radius 1 is 1.32 bits per heavy atom. The lowest BCUT2D eigenvalue weighted by Crippen LogP contribution is -2.32. The molecule has 0 radical (unpaired) electrons. The number of benzene rings is 1. The van der Waals surface area contributed by atoms with Crippen molar-refractivity contribution in [3.05, 3.63) is 40.6 Å². The van der Waals surface area contributed by atoms with Crippen molar-refractivity contribution in [3.63, 3.8) is 0 Å². The maximum Gasteiger partial charge on any atom is 0.319 e. The summed E-state index contributed by atoms with van der Waals surface area (Å²) in [5, 5.41) is 18.9. The number of urea groups is 1. The summed E-state index contributed by atoms with van der Waals surface area (Å²) < 4.78 is 10.3. The third kappa shape index (κ3) is 4.12. The van der Waals surface area contributed by atoms with E-state index in [9.17, 15) is 9.90 Å². The normalized spacial score (nSPS) is 11.6. The van der Waals surface area contributed by atoms with Crippen molar-refractivity contribution < 1.29 is 19.4 Å². The number of carbonyl (C=O) groups excluding carboxylic acids is 1. The van der Waals surface area contributed by atoms with Gasteiger partial charge in [0, 0.05) is 12.6 Å². The lowest BCUT2D eigenvalue weighted by molar-refractivity contribution is 0.175. The number of nitrogens with one attached hydrogen (secondary N) is 2. The topological polar surface area (TPSA) is 79.8 Å². The van der Waals surface area contributed by atoms with Gasteiger partial charge in [-0.2, -0.15) is 11.3 Å². The maximum absolute atomic E-state index is 11.9. The Morgan fingerprint density at radius 2 is 2.14 bits per heavy atom. The lowest BCUT2D eigenvalue weighted by Gasteiger charge is -2.14. The average molecular weight is 322 g/mol. The highest BCUT2D eigenvalue weighted by Gasteiger charge is 2.12. The summed E-state index contributed by atoms with van der Waals surface area (Å²) in [5.41, 5.74) is 1.30. The molecular weight excluding hydrogens is 304 g/mol. The standard InChI is InChI=1S/C15H18N2O4S/c1-20-11-3-4-12(14(7-11)21-2)17-15(19)16-8-13(18)10-5-6-22-9-10/h3-7,9,13,18H,8H2,1-2H3,(H2,16,17,19). The van der Waals surface area contributed by atoms with Gasteiger partial charge in [-0.15, -0.1) is 0 Å². The van der Waals surface area contributed by atoms with Crippen molar-refractivity contribution in [1.82, 2.24) is 5.32 Å². The predicted molar refractivity (Wildman–Crippen MR) is 85.8 cm³/mol. The Balaban J connectivity index is 1.92. The first-order valence-corrected chi connectivity index (χ1v) is 7.55. The number of anilines is 1. The molecule has 0 fully saturated rings. The van der Waals surface area contributed by atoms with Gasteiger partial charge in [-0.1, -0.05) is 0 Å². The molecule has 0 spiro atoms. The second kappa shape index (κ2) is 7.67. The van der Waals surface area contributed by atoms with Gasteiger partial charge in [-0.05, 0) is 34.5 Å². The Morgan fingerprint density at radius 3 is 2.77 bits per heavy atom. The number of aliphatic hydroxyl groups is 1. The number of amides is 2. The molecule has 0 bridgehead atoms. The third-order valence-corrected chi connectivity index (χ3v) is 3.74. The van der Waals surface area contributed by atoms with Gasteiger partial charge in [-0.25, -0.2) is 4.79 Å². The van der Waals surface area contributed by atoms with Crippen molar-refractivity contribution in [2.24, 2.45) is 0 Å². The summed E-state index contributed by atoms with van der Waals surface area (Å²) >= 11 is 1.50. The van der Waals surface area contributed by atoms with Gasteiger partial charge < -0.3 is 25.2 Å². The highest BCUT2D eigenvalue weighted by atomic mass is 32.1. The maximum atomic E-state index is 11.9. The zero-order chi connectivity index (χ0) is 15.9. The molecule has 1 unspecified atom stereocenters. The van der Waals surface area contributed by atoms with Crippen LogP contribution in [0.1, 0.15) is 11.7 Å². The molecule has 2 amide bonds. The van der Waals surface area contributed by atoms with Gasteiger partial charge >= 0.3 is 6.03 Å². The second-order valence-electron chi connectivity index (χ2n) is 4.47. The first kappa shape index (κ1) is 16.1. The fourth-order valence-electron chi connectivity index (χ4n) is 1.84. The van der Waals surface area contributed by atoms with Gasteiger partial charge in [0.15, 0.2) is 0 Å². The number of ether oxygens (including phenoxy) is 2. The van der Waals surface area contributed by atoms with Crippen LogP contribution >= 0.6 is 11.3 Å². The van der Waals surface area contributed by atoms with Gasteiger partial charge in [0.1, 0.15) is 11.5 Å². The van der Waals surface area contributed by atoms with E-state index in [0.717, 1.165) is 5.56 Å². The molecule has 1 heterocycles. The first-order valence-electron chi connectivity index (χ1n) is 6.61. The van der Waals surface area contributed by atoms with Crippen molar-refractivity contribution >= 4 is 23.1 Å². The number of methoxy groups -OCH3 is 2. The van der Waals surface area contributed by atoms with Crippen molar-refractivity contribution in [3.8, 4) is 11.5 Å². The number of aliphatic hydroxyl groups excluding tert-OH is 1. The van der Waals surface area contributed by atoms with E-state index in [0.29, 0.717) is 17.2 Å². The fraction of sp³-hybridized carbons (Fsp3) is 0.267. The Labute approximate surface area is 132 Å². The van der Waals surface area contributed by atoms with Gasteiger partial charge in [0.25, 0.3) is 0 Å². The minimum absolute atomic E-state index is 0.126. The lowest BCUT2D eigenvalue weighted by atomic mass is 10.2. The monoisotopic (exact) mass is 322 g/mol. The molecule has 22 heavy (non-hydrogen) atoms. The van der Waals surface area contributed by atoms with Crippen LogP contribution in [-0.4, -0.2) is 31.9 Å². The molecule has 2 aromatic rings. The summed E-state index contributed by atoms with van der Waals surface area (Å²) in [7, 11) is 3.07. The largest absolute Gasteiger partial charge is 0.497 e. The smallest absolute Gasteiger partial charge is 0.319 e. The summed E-state index contributed by atoms with van der Waals surface area (Å²) in [6.45, 7) is 0.126. The summed E-state index contributed by atoms with van der Waals surface area (Å²) in [6.07, 6.45) is -0.727. The quantitative estimate of drug-likeness (QED) is 0.764. The Kier molecular flexibility index (Phi) is 5.62. The molecule has 6 nitrogen and oxygen atoms in total. The molecule has 7 heteroatoms. The summed E-state index contributed by atoms with van der Waals surface area (Å²) in [4.78, 5) is 11.9. The van der Waals surface area contributed by atoms with Crippen molar-refractivity contribution in [2.75, 3.05) is 26.1 Å². The number of carbonyl (C=O) groups is 1. The Hall–Kier alpha value is -2.25. The van der Waals surface area contributed by atoms with E-state index in [2.05, 4.69) is 10.6 Å². The third-order valence-electron chi connectivity index (χ3n) is 3.04. The zero-order valence-corrected chi connectivity index (χ0v) is 13.1. The van der Waals surface area contributed by atoms with Crippen LogP contribution in [0.4, 0.5) is 10.5 Å². The van der Waals surface area contributed by atoms with Crippen LogP contribution in [0, 0.1) is 0 Å². The SMILES string of the molecule is COc1ccc(NC(=O)NCC(O)c2ccsc2)c(OC)c1. The minimum atomic E-state index is -0.727. The molecule has 1 atom stereocenters. The number of thiophene rings is 1.